The summed E-state index contributed by atoms with van der Waals surface area (Å²) in [7, 11) is 0. The van der Waals surface area contributed by atoms with Gasteiger partial charge in [0, 0.05) is 22.6 Å². The van der Waals surface area contributed by atoms with Gasteiger partial charge in [0.15, 0.2) is 0 Å². The van der Waals surface area contributed by atoms with E-state index in [2.05, 4.69) is 27.6 Å². The Morgan fingerprint density at radius 2 is 1.60 bits per heavy atom. The monoisotopic (exact) mass is 415 g/mol. The van der Waals surface area contributed by atoms with Crippen LogP contribution < -0.4 is 5.32 Å². The Labute approximate surface area is 179 Å². The molecule has 3 aromatic carbocycles. The minimum absolute atomic E-state index is 0.0425. The van der Waals surface area contributed by atoms with Crippen LogP contribution in [0.4, 0.5) is 5.69 Å². The number of aryl methyl sites for hydroxylation is 1. The van der Waals surface area contributed by atoms with Crippen molar-refractivity contribution in [1.82, 2.24) is 10.2 Å². The lowest BCUT2D eigenvalue weighted by molar-refractivity contribution is -0.113. The summed E-state index contributed by atoms with van der Waals surface area (Å²) in [6, 6.07) is 25.5. The van der Waals surface area contributed by atoms with Gasteiger partial charge >= 0.3 is 0 Å². The van der Waals surface area contributed by atoms with Crippen LogP contribution in [-0.4, -0.2) is 21.9 Å². The first-order valence-corrected chi connectivity index (χ1v) is 10.8. The fourth-order valence-electron chi connectivity index (χ4n) is 3.00. The zero-order chi connectivity index (χ0) is 20.8. The summed E-state index contributed by atoms with van der Waals surface area (Å²) in [4.78, 5) is 12.3. The molecule has 30 heavy (non-hydrogen) atoms. The standard InChI is InChI=1S/C24H21N3O2S/c1-17-7-5-10-19(13-17)23-26-27-24(29-23)20-11-6-12-21(14-20)25-22(28)16-30-15-18-8-3-2-4-9-18/h2-14H,15-16H2,1H3,(H,25,28). The van der Waals surface area contributed by atoms with E-state index in [-0.39, 0.29) is 5.91 Å². The molecule has 0 spiro atoms. The lowest BCUT2D eigenvalue weighted by Crippen LogP contribution is -2.14. The molecular weight excluding hydrogens is 394 g/mol. The zero-order valence-corrected chi connectivity index (χ0v) is 17.4. The van der Waals surface area contributed by atoms with Crippen molar-refractivity contribution < 1.29 is 9.21 Å². The van der Waals surface area contributed by atoms with E-state index in [0.29, 0.717) is 23.2 Å². The molecule has 0 unspecified atom stereocenters. The maximum Gasteiger partial charge on any atom is 0.248 e. The molecule has 1 aromatic heterocycles. The molecule has 5 nitrogen and oxygen atoms in total. The van der Waals surface area contributed by atoms with Gasteiger partial charge in [0.25, 0.3) is 0 Å². The number of carbonyl (C=O) groups excluding carboxylic acids is 1. The van der Waals surface area contributed by atoms with E-state index < -0.39 is 0 Å². The van der Waals surface area contributed by atoms with Gasteiger partial charge in [0.2, 0.25) is 17.7 Å². The van der Waals surface area contributed by atoms with Crippen LogP contribution in [0.25, 0.3) is 22.9 Å². The number of amides is 1. The van der Waals surface area contributed by atoms with Crippen LogP contribution in [0, 0.1) is 6.92 Å². The largest absolute Gasteiger partial charge is 0.416 e. The van der Waals surface area contributed by atoms with Gasteiger partial charge in [-0.15, -0.1) is 22.0 Å². The Bertz CT molecular complexity index is 1140. The highest BCUT2D eigenvalue weighted by atomic mass is 32.2. The van der Waals surface area contributed by atoms with E-state index in [0.717, 1.165) is 22.4 Å². The number of rotatable bonds is 7. The third kappa shape index (κ3) is 5.15. The number of benzene rings is 3. The summed E-state index contributed by atoms with van der Waals surface area (Å²) in [5, 5.41) is 11.3. The van der Waals surface area contributed by atoms with E-state index in [1.54, 1.807) is 11.8 Å². The lowest BCUT2D eigenvalue weighted by atomic mass is 10.1. The second-order valence-electron chi connectivity index (χ2n) is 6.89. The Morgan fingerprint density at radius 1 is 0.900 bits per heavy atom. The van der Waals surface area contributed by atoms with E-state index in [1.807, 2.05) is 73.7 Å². The molecule has 4 rings (SSSR count). The Hall–Kier alpha value is -3.38. The van der Waals surface area contributed by atoms with E-state index in [4.69, 9.17) is 4.42 Å². The van der Waals surface area contributed by atoms with Crippen LogP contribution in [0.15, 0.2) is 83.3 Å². The molecule has 1 amide bonds. The summed E-state index contributed by atoms with van der Waals surface area (Å²) in [5.74, 6) is 2.04. The molecule has 0 atom stereocenters. The second kappa shape index (κ2) is 9.41. The third-order valence-electron chi connectivity index (χ3n) is 4.43. The molecule has 6 heteroatoms. The van der Waals surface area contributed by atoms with Gasteiger partial charge < -0.3 is 9.73 Å². The SMILES string of the molecule is Cc1cccc(-c2nnc(-c3cccc(NC(=O)CSCc4ccccc4)c3)o2)c1. The summed E-state index contributed by atoms with van der Waals surface area (Å²) >= 11 is 1.58. The Morgan fingerprint density at radius 3 is 2.33 bits per heavy atom. The molecule has 150 valence electrons. The summed E-state index contributed by atoms with van der Waals surface area (Å²) in [6.07, 6.45) is 0. The van der Waals surface area contributed by atoms with Gasteiger partial charge in [-0.3, -0.25) is 4.79 Å². The molecule has 1 heterocycles. The number of aromatic nitrogens is 2. The average molecular weight is 416 g/mol. The van der Waals surface area contributed by atoms with Crippen molar-refractivity contribution in [3.8, 4) is 22.9 Å². The number of hydrogen-bond acceptors (Lipinski definition) is 5. The first kappa shape index (κ1) is 19.9. The molecule has 0 saturated heterocycles. The first-order valence-electron chi connectivity index (χ1n) is 9.60. The fourth-order valence-corrected chi connectivity index (χ4v) is 3.79. The van der Waals surface area contributed by atoms with Crippen LogP contribution in [0.2, 0.25) is 0 Å². The Kier molecular flexibility index (Phi) is 6.25. The van der Waals surface area contributed by atoms with Crippen molar-refractivity contribution in [3.63, 3.8) is 0 Å². The fraction of sp³-hybridized carbons (Fsp3) is 0.125. The first-order chi connectivity index (χ1) is 14.7. The number of nitrogens with zero attached hydrogens (tertiary/aromatic N) is 2. The molecular formula is C24H21N3O2S. The Balaban J connectivity index is 1.38. The van der Waals surface area contributed by atoms with Crippen molar-refractivity contribution in [2.75, 3.05) is 11.1 Å². The highest BCUT2D eigenvalue weighted by molar-refractivity contribution is 7.99. The molecule has 0 aliphatic rings. The van der Waals surface area contributed by atoms with Crippen molar-refractivity contribution >= 4 is 23.4 Å². The number of thioether (sulfide) groups is 1. The molecule has 0 fully saturated rings. The van der Waals surface area contributed by atoms with Crippen LogP contribution in [0.1, 0.15) is 11.1 Å². The number of hydrogen-bond donors (Lipinski definition) is 1. The molecule has 4 aromatic rings. The smallest absolute Gasteiger partial charge is 0.248 e. The molecule has 0 bridgehead atoms. The minimum atomic E-state index is -0.0425. The topological polar surface area (TPSA) is 68.0 Å². The van der Waals surface area contributed by atoms with Crippen molar-refractivity contribution in [1.29, 1.82) is 0 Å². The molecule has 0 radical (unpaired) electrons. The molecule has 1 N–H and O–H groups in total. The number of anilines is 1. The van der Waals surface area contributed by atoms with Crippen LogP contribution in [0.3, 0.4) is 0 Å². The van der Waals surface area contributed by atoms with Gasteiger partial charge in [-0.1, -0.05) is 54.1 Å². The lowest BCUT2D eigenvalue weighted by Gasteiger charge is -2.06. The summed E-state index contributed by atoms with van der Waals surface area (Å²) in [6.45, 7) is 2.02. The normalized spacial score (nSPS) is 10.7. The van der Waals surface area contributed by atoms with Gasteiger partial charge in [-0.05, 0) is 42.8 Å². The van der Waals surface area contributed by atoms with E-state index >= 15 is 0 Å². The quantitative estimate of drug-likeness (QED) is 0.426. The van der Waals surface area contributed by atoms with E-state index in [9.17, 15) is 4.79 Å². The zero-order valence-electron chi connectivity index (χ0n) is 16.5. The third-order valence-corrected chi connectivity index (χ3v) is 5.43. The summed E-state index contributed by atoms with van der Waals surface area (Å²) in [5.41, 5.74) is 4.68. The van der Waals surface area contributed by atoms with Gasteiger partial charge in [0.05, 0.1) is 5.75 Å². The van der Waals surface area contributed by atoms with Crippen molar-refractivity contribution in [3.05, 3.63) is 90.0 Å². The van der Waals surface area contributed by atoms with Gasteiger partial charge in [-0.2, -0.15) is 0 Å². The highest BCUT2D eigenvalue weighted by Crippen LogP contribution is 2.26. The van der Waals surface area contributed by atoms with Crippen LogP contribution in [0.5, 0.6) is 0 Å². The second-order valence-corrected chi connectivity index (χ2v) is 7.87. The predicted octanol–water partition coefficient (Wildman–Crippen LogP) is 5.58. The van der Waals surface area contributed by atoms with Crippen LogP contribution >= 0.6 is 11.8 Å². The van der Waals surface area contributed by atoms with Gasteiger partial charge in [0.1, 0.15) is 0 Å². The predicted molar refractivity (Wildman–Crippen MR) is 121 cm³/mol. The van der Waals surface area contributed by atoms with Crippen LogP contribution in [-0.2, 0) is 10.5 Å². The molecule has 0 saturated carbocycles. The van der Waals surface area contributed by atoms with E-state index in [1.165, 1.54) is 5.56 Å². The number of nitrogens with one attached hydrogen (secondary N) is 1. The van der Waals surface area contributed by atoms with Gasteiger partial charge in [-0.25, -0.2) is 0 Å². The highest BCUT2D eigenvalue weighted by Gasteiger charge is 2.12. The minimum Gasteiger partial charge on any atom is -0.416 e. The number of carbonyl (C=O) groups is 1. The van der Waals surface area contributed by atoms with Crippen molar-refractivity contribution in [2.24, 2.45) is 0 Å². The van der Waals surface area contributed by atoms with Crippen molar-refractivity contribution in [2.45, 2.75) is 12.7 Å². The summed E-state index contributed by atoms with van der Waals surface area (Å²) < 4.78 is 5.85. The average Bonchev–Trinajstić information content (AvgIpc) is 3.25. The molecule has 0 aliphatic heterocycles. The maximum atomic E-state index is 12.3. The maximum absolute atomic E-state index is 12.3. The molecule has 0 aliphatic carbocycles.